The Morgan fingerprint density at radius 1 is 1.33 bits per heavy atom. The van der Waals surface area contributed by atoms with Gasteiger partial charge in [0.25, 0.3) is 0 Å². The van der Waals surface area contributed by atoms with Crippen LogP contribution in [-0.4, -0.2) is 25.9 Å². The molecule has 2 rings (SSSR count). The summed E-state index contributed by atoms with van der Waals surface area (Å²) < 4.78 is 22.2. The molecule has 0 atom stereocenters. The first kappa shape index (κ1) is 13.4. The van der Waals surface area contributed by atoms with Gasteiger partial charge < -0.3 is 5.32 Å². The van der Waals surface area contributed by atoms with Crippen LogP contribution in [0, 0.1) is 0 Å². The maximum Gasteiger partial charge on any atom is 0.238 e. The molecule has 7 heteroatoms. The van der Waals surface area contributed by atoms with Crippen molar-refractivity contribution in [2.75, 3.05) is 12.3 Å². The van der Waals surface area contributed by atoms with E-state index in [2.05, 4.69) is 10.3 Å². The number of benzene rings is 1. The summed E-state index contributed by atoms with van der Waals surface area (Å²) in [7, 11) is -3.60. The lowest BCUT2D eigenvalue weighted by molar-refractivity contribution is 0.597. The third-order valence-electron chi connectivity index (χ3n) is 2.49. The summed E-state index contributed by atoms with van der Waals surface area (Å²) in [5.74, 6) is 1.09. The maximum absolute atomic E-state index is 11.1. The highest BCUT2D eigenvalue weighted by Crippen LogP contribution is 2.12. The summed E-state index contributed by atoms with van der Waals surface area (Å²) in [4.78, 5) is 4.49. The van der Waals surface area contributed by atoms with Crippen LogP contribution < -0.4 is 10.5 Å². The summed E-state index contributed by atoms with van der Waals surface area (Å²) in [6.45, 7) is 1.51. The number of thioether (sulfide) groups is 1. The fourth-order valence-corrected chi connectivity index (χ4v) is 2.88. The quantitative estimate of drug-likeness (QED) is 0.864. The van der Waals surface area contributed by atoms with E-state index >= 15 is 0 Å². The Labute approximate surface area is 111 Å². The molecular weight excluding hydrogens is 270 g/mol. The van der Waals surface area contributed by atoms with Crippen LogP contribution in [0.3, 0.4) is 0 Å². The second kappa shape index (κ2) is 5.73. The topological polar surface area (TPSA) is 84.5 Å². The fourth-order valence-electron chi connectivity index (χ4n) is 1.54. The number of primary sulfonamides is 1. The molecular formula is C11H15N3O2S2. The van der Waals surface area contributed by atoms with Crippen molar-refractivity contribution in [1.29, 1.82) is 0 Å². The highest BCUT2D eigenvalue weighted by atomic mass is 32.2. The molecule has 1 aliphatic heterocycles. The van der Waals surface area contributed by atoms with E-state index in [1.54, 1.807) is 23.9 Å². The molecule has 98 valence electrons. The van der Waals surface area contributed by atoms with Crippen LogP contribution in [0.25, 0.3) is 0 Å². The zero-order chi connectivity index (χ0) is 13.0. The minimum atomic E-state index is -3.60. The van der Waals surface area contributed by atoms with Gasteiger partial charge in [-0.1, -0.05) is 23.9 Å². The average molecular weight is 285 g/mol. The molecule has 1 heterocycles. The summed E-state index contributed by atoms with van der Waals surface area (Å²) in [6, 6.07) is 6.53. The highest BCUT2D eigenvalue weighted by molar-refractivity contribution is 8.13. The number of nitrogens with two attached hydrogens (primary N) is 1. The molecule has 1 aromatic carbocycles. The van der Waals surface area contributed by atoms with Gasteiger partial charge in [-0.05, 0) is 24.1 Å². The van der Waals surface area contributed by atoms with Crippen LogP contribution in [0.1, 0.15) is 12.0 Å². The van der Waals surface area contributed by atoms with Crippen LogP contribution in [0.2, 0.25) is 0 Å². The van der Waals surface area contributed by atoms with Gasteiger partial charge in [0, 0.05) is 18.8 Å². The Morgan fingerprint density at radius 3 is 2.61 bits per heavy atom. The van der Waals surface area contributed by atoms with Crippen molar-refractivity contribution in [3.63, 3.8) is 0 Å². The predicted molar refractivity (Wildman–Crippen MR) is 74.0 cm³/mol. The molecule has 0 bridgehead atoms. The number of hydrogen-bond donors (Lipinski definition) is 2. The Bertz CT molecular complexity index is 538. The largest absolute Gasteiger partial charge is 0.361 e. The van der Waals surface area contributed by atoms with Gasteiger partial charge in [-0.2, -0.15) is 0 Å². The molecule has 0 amide bonds. The van der Waals surface area contributed by atoms with Gasteiger partial charge in [-0.15, -0.1) is 0 Å². The Morgan fingerprint density at radius 2 is 2.06 bits per heavy atom. The summed E-state index contributed by atoms with van der Waals surface area (Å²) in [5.41, 5.74) is 0.997. The number of hydrogen-bond acceptors (Lipinski definition) is 5. The predicted octanol–water partition coefficient (Wildman–Crippen LogP) is 0.916. The van der Waals surface area contributed by atoms with Gasteiger partial charge in [0.1, 0.15) is 0 Å². The molecule has 0 unspecified atom stereocenters. The number of amidine groups is 1. The lowest BCUT2D eigenvalue weighted by Gasteiger charge is -2.13. The number of sulfonamides is 1. The van der Waals surface area contributed by atoms with Crippen LogP contribution in [0.4, 0.5) is 0 Å². The molecule has 0 saturated carbocycles. The molecule has 0 fully saturated rings. The first-order valence-electron chi connectivity index (χ1n) is 5.58. The number of rotatable bonds is 3. The first-order valence-corrected chi connectivity index (χ1v) is 8.12. The molecule has 0 saturated heterocycles. The molecule has 18 heavy (non-hydrogen) atoms. The molecule has 5 nitrogen and oxygen atoms in total. The van der Waals surface area contributed by atoms with Crippen molar-refractivity contribution in [2.45, 2.75) is 17.9 Å². The molecule has 1 aliphatic rings. The number of aliphatic imine (C=N–C) groups is 1. The zero-order valence-electron chi connectivity index (χ0n) is 9.80. The zero-order valence-corrected chi connectivity index (χ0v) is 11.4. The monoisotopic (exact) mass is 285 g/mol. The Kier molecular flexibility index (Phi) is 4.26. The minimum absolute atomic E-state index is 0.135. The van der Waals surface area contributed by atoms with E-state index in [9.17, 15) is 8.42 Å². The van der Waals surface area contributed by atoms with Gasteiger partial charge in [0.05, 0.1) is 4.90 Å². The SMILES string of the molecule is NS(=O)(=O)c1ccc(CNC2=NCCCS2)cc1. The smallest absolute Gasteiger partial charge is 0.238 e. The molecule has 0 aliphatic carbocycles. The van der Waals surface area contributed by atoms with Crippen LogP contribution in [0.5, 0.6) is 0 Å². The standard InChI is InChI=1S/C11H15N3O2S2/c12-18(15,16)10-4-2-9(3-5-10)8-14-11-13-6-1-7-17-11/h2-5H,1,6-8H2,(H,13,14)(H2,12,15,16). The summed E-state index contributed by atoms with van der Waals surface area (Å²) in [5, 5.41) is 9.22. The fraction of sp³-hybridized carbons (Fsp3) is 0.364. The van der Waals surface area contributed by atoms with Crippen molar-refractivity contribution in [3.05, 3.63) is 29.8 Å². The second-order valence-corrected chi connectivity index (χ2v) is 6.58. The van der Waals surface area contributed by atoms with E-state index in [4.69, 9.17) is 5.14 Å². The Balaban J connectivity index is 1.96. The lowest BCUT2D eigenvalue weighted by Crippen LogP contribution is -2.23. The second-order valence-electron chi connectivity index (χ2n) is 3.93. The van der Waals surface area contributed by atoms with Crippen LogP contribution >= 0.6 is 11.8 Å². The molecule has 0 radical (unpaired) electrons. The van der Waals surface area contributed by atoms with Gasteiger partial charge in [0.2, 0.25) is 10.0 Å². The van der Waals surface area contributed by atoms with Crippen LogP contribution in [0.15, 0.2) is 34.2 Å². The van der Waals surface area contributed by atoms with E-state index in [0.717, 1.165) is 29.4 Å². The van der Waals surface area contributed by atoms with Gasteiger partial charge >= 0.3 is 0 Å². The normalized spacial score (nSPS) is 16.2. The third kappa shape index (κ3) is 3.72. The average Bonchev–Trinajstić information content (AvgIpc) is 2.37. The van der Waals surface area contributed by atoms with Crippen molar-refractivity contribution in [1.82, 2.24) is 5.32 Å². The molecule has 0 spiro atoms. The molecule has 3 N–H and O–H groups in total. The van der Waals surface area contributed by atoms with Gasteiger partial charge in [-0.3, -0.25) is 4.99 Å². The van der Waals surface area contributed by atoms with Crippen molar-refractivity contribution >= 4 is 27.0 Å². The van der Waals surface area contributed by atoms with E-state index in [1.807, 2.05) is 0 Å². The first-order chi connectivity index (χ1) is 8.55. The van der Waals surface area contributed by atoms with Gasteiger partial charge in [-0.25, -0.2) is 13.6 Å². The number of nitrogens with one attached hydrogen (secondary N) is 1. The Hall–Kier alpha value is -1.05. The maximum atomic E-state index is 11.1. The summed E-state index contributed by atoms with van der Waals surface area (Å²) in [6.07, 6.45) is 1.12. The number of nitrogens with zero attached hydrogens (tertiary/aromatic N) is 1. The third-order valence-corrected chi connectivity index (χ3v) is 4.46. The van der Waals surface area contributed by atoms with Gasteiger partial charge in [0.15, 0.2) is 5.17 Å². The van der Waals surface area contributed by atoms with E-state index in [0.29, 0.717) is 6.54 Å². The highest BCUT2D eigenvalue weighted by Gasteiger charge is 2.08. The van der Waals surface area contributed by atoms with Crippen molar-refractivity contribution in [3.8, 4) is 0 Å². The van der Waals surface area contributed by atoms with E-state index in [1.165, 1.54) is 12.1 Å². The molecule has 1 aromatic rings. The van der Waals surface area contributed by atoms with Crippen molar-refractivity contribution < 1.29 is 8.42 Å². The van der Waals surface area contributed by atoms with E-state index in [-0.39, 0.29) is 4.90 Å². The van der Waals surface area contributed by atoms with E-state index < -0.39 is 10.0 Å². The van der Waals surface area contributed by atoms with Crippen LogP contribution in [-0.2, 0) is 16.6 Å². The minimum Gasteiger partial charge on any atom is -0.361 e. The lowest BCUT2D eigenvalue weighted by atomic mass is 10.2. The van der Waals surface area contributed by atoms with Crippen molar-refractivity contribution in [2.24, 2.45) is 10.1 Å². The summed E-state index contributed by atoms with van der Waals surface area (Å²) >= 11 is 1.71. The molecule has 0 aromatic heterocycles.